The zero-order chi connectivity index (χ0) is 15.1. The molecule has 0 unspecified atom stereocenters. The second-order valence-electron chi connectivity index (χ2n) is 5.24. The molecule has 1 aliphatic heterocycles. The predicted octanol–water partition coefficient (Wildman–Crippen LogP) is 3.51. The minimum Gasteiger partial charge on any atom is -0.315 e. The van der Waals surface area contributed by atoms with Crippen LogP contribution in [0.15, 0.2) is 40.9 Å². The van der Waals surface area contributed by atoms with Gasteiger partial charge in [-0.05, 0) is 58.2 Å². The second kappa shape index (κ2) is 5.11. The Morgan fingerprint density at radius 2 is 2.00 bits per heavy atom. The summed E-state index contributed by atoms with van der Waals surface area (Å²) in [7, 11) is 1.76. The van der Waals surface area contributed by atoms with Gasteiger partial charge >= 0.3 is 0 Å². The fourth-order valence-corrected chi connectivity index (χ4v) is 3.03. The van der Waals surface area contributed by atoms with E-state index in [4.69, 9.17) is 0 Å². The molecule has 3 rings (SSSR count). The van der Waals surface area contributed by atoms with Crippen LogP contribution in [0.2, 0.25) is 0 Å². The van der Waals surface area contributed by atoms with Crippen molar-refractivity contribution in [3.05, 3.63) is 63.1 Å². The van der Waals surface area contributed by atoms with Crippen molar-refractivity contribution in [3.8, 4) is 0 Å². The largest absolute Gasteiger partial charge is 0.315 e. The first-order chi connectivity index (χ1) is 9.99. The number of halogens is 1. The first-order valence-electron chi connectivity index (χ1n) is 6.68. The van der Waals surface area contributed by atoms with Gasteiger partial charge in [0.25, 0.3) is 0 Å². The second-order valence-corrected chi connectivity index (χ2v) is 6.03. The summed E-state index contributed by atoms with van der Waals surface area (Å²) in [5, 5.41) is 0. The highest BCUT2D eigenvalue weighted by molar-refractivity contribution is 9.10. The minimum absolute atomic E-state index is 0.0321. The molecule has 2 aromatic rings. The van der Waals surface area contributed by atoms with Crippen LogP contribution in [-0.4, -0.2) is 18.7 Å². The van der Waals surface area contributed by atoms with E-state index in [-0.39, 0.29) is 11.7 Å². The van der Waals surface area contributed by atoms with Crippen LogP contribution in [0.4, 0.5) is 5.69 Å². The van der Waals surface area contributed by atoms with Crippen molar-refractivity contribution >= 4 is 33.3 Å². The molecular weight excluding hydrogens is 330 g/mol. The summed E-state index contributed by atoms with van der Waals surface area (Å²) in [5.74, 6) is 0.0294. The molecule has 4 heteroatoms. The lowest BCUT2D eigenvalue weighted by Gasteiger charge is -2.11. The molecule has 0 saturated carbocycles. The lowest BCUT2D eigenvalue weighted by Crippen LogP contribution is -2.20. The van der Waals surface area contributed by atoms with E-state index >= 15 is 0 Å². The lowest BCUT2D eigenvalue weighted by molar-refractivity contribution is -0.117. The molecule has 3 nitrogen and oxygen atoms in total. The van der Waals surface area contributed by atoms with E-state index in [9.17, 15) is 9.59 Å². The average Bonchev–Trinajstić information content (AvgIpc) is 2.76. The lowest BCUT2D eigenvalue weighted by atomic mass is 9.99. The third kappa shape index (κ3) is 2.29. The number of fused-ring (bicyclic) bond motifs is 1. The van der Waals surface area contributed by atoms with E-state index < -0.39 is 0 Å². The number of likely N-dealkylation sites (N-methyl/N-ethyl adjacent to an activating group) is 1. The Morgan fingerprint density at radius 3 is 2.76 bits per heavy atom. The van der Waals surface area contributed by atoms with Crippen molar-refractivity contribution in [1.82, 2.24) is 0 Å². The quantitative estimate of drug-likeness (QED) is 0.782. The Morgan fingerprint density at radius 1 is 1.24 bits per heavy atom. The Hall–Kier alpha value is -1.94. The van der Waals surface area contributed by atoms with Crippen molar-refractivity contribution in [2.24, 2.45) is 0 Å². The molecule has 21 heavy (non-hydrogen) atoms. The first kappa shape index (κ1) is 14.0. The van der Waals surface area contributed by atoms with E-state index in [1.165, 1.54) is 0 Å². The summed E-state index contributed by atoms with van der Waals surface area (Å²) in [5.41, 5.74) is 4.09. The number of nitrogens with zero attached hydrogens (tertiary/aromatic N) is 1. The normalized spacial score (nSPS) is 13.5. The molecule has 0 aromatic heterocycles. The predicted molar refractivity (Wildman–Crippen MR) is 85.9 cm³/mol. The van der Waals surface area contributed by atoms with Gasteiger partial charge in [0.15, 0.2) is 5.78 Å². The summed E-state index contributed by atoms with van der Waals surface area (Å²) < 4.78 is 0.823. The number of ketones is 1. The van der Waals surface area contributed by atoms with Crippen molar-refractivity contribution < 1.29 is 9.59 Å². The Balaban J connectivity index is 2.02. The van der Waals surface area contributed by atoms with Gasteiger partial charge in [-0.2, -0.15) is 0 Å². The van der Waals surface area contributed by atoms with Gasteiger partial charge in [0.05, 0.1) is 6.42 Å². The number of benzene rings is 2. The third-order valence-electron chi connectivity index (χ3n) is 3.86. The zero-order valence-electron chi connectivity index (χ0n) is 11.8. The maximum atomic E-state index is 12.7. The van der Waals surface area contributed by atoms with Gasteiger partial charge in [0, 0.05) is 28.3 Å². The molecule has 1 amide bonds. The Labute approximate surface area is 131 Å². The molecule has 0 aliphatic carbocycles. The highest BCUT2D eigenvalue weighted by Gasteiger charge is 2.25. The SMILES string of the molecule is Cc1cccc(C(=O)c2ccc3c(c2)CC(=O)N3C)c1Br. The summed E-state index contributed by atoms with van der Waals surface area (Å²) in [4.78, 5) is 26.0. The van der Waals surface area contributed by atoms with Crippen LogP contribution >= 0.6 is 15.9 Å². The van der Waals surface area contributed by atoms with Gasteiger partial charge in [-0.1, -0.05) is 12.1 Å². The molecule has 0 atom stereocenters. The number of aryl methyl sites for hydroxylation is 1. The van der Waals surface area contributed by atoms with Crippen LogP contribution in [0, 0.1) is 6.92 Å². The van der Waals surface area contributed by atoms with Crippen molar-refractivity contribution in [2.75, 3.05) is 11.9 Å². The number of hydrogen-bond acceptors (Lipinski definition) is 2. The summed E-state index contributed by atoms with van der Waals surface area (Å²) in [6.45, 7) is 1.96. The van der Waals surface area contributed by atoms with E-state index in [1.807, 2.05) is 37.3 Å². The van der Waals surface area contributed by atoms with E-state index in [1.54, 1.807) is 18.0 Å². The van der Waals surface area contributed by atoms with Crippen LogP contribution < -0.4 is 4.90 Å². The highest BCUT2D eigenvalue weighted by atomic mass is 79.9. The maximum Gasteiger partial charge on any atom is 0.231 e. The molecule has 0 saturated heterocycles. The fourth-order valence-electron chi connectivity index (χ4n) is 2.59. The van der Waals surface area contributed by atoms with E-state index in [0.717, 1.165) is 21.3 Å². The van der Waals surface area contributed by atoms with Crippen LogP contribution in [0.5, 0.6) is 0 Å². The first-order valence-corrected chi connectivity index (χ1v) is 7.47. The van der Waals surface area contributed by atoms with Crippen molar-refractivity contribution in [3.63, 3.8) is 0 Å². The molecule has 1 aliphatic rings. The van der Waals surface area contributed by atoms with Crippen LogP contribution in [0.3, 0.4) is 0 Å². The molecular formula is C17H14BrNO2. The van der Waals surface area contributed by atoms with Gasteiger partial charge in [0.2, 0.25) is 5.91 Å². The molecule has 106 valence electrons. The number of hydrogen-bond donors (Lipinski definition) is 0. The number of anilines is 1. The standard InChI is InChI=1S/C17H14BrNO2/c1-10-4-3-5-13(16(10)18)17(21)11-6-7-14-12(8-11)9-15(20)19(14)2/h3-8H,9H2,1-2H3. The summed E-state index contributed by atoms with van der Waals surface area (Å²) in [6, 6.07) is 11.1. The van der Waals surface area contributed by atoms with Crippen LogP contribution in [-0.2, 0) is 11.2 Å². The van der Waals surface area contributed by atoms with Gasteiger partial charge in [0.1, 0.15) is 0 Å². The fraction of sp³-hybridized carbons (Fsp3) is 0.176. The van der Waals surface area contributed by atoms with Crippen LogP contribution in [0.25, 0.3) is 0 Å². The molecule has 0 radical (unpaired) electrons. The summed E-state index contributed by atoms with van der Waals surface area (Å²) >= 11 is 3.48. The minimum atomic E-state index is -0.0321. The van der Waals surface area contributed by atoms with Gasteiger partial charge < -0.3 is 4.90 Å². The van der Waals surface area contributed by atoms with Gasteiger partial charge in [-0.3, -0.25) is 9.59 Å². The number of carbonyl (C=O) groups excluding carboxylic acids is 2. The molecule has 1 heterocycles. The molecule has 2 aromatic carbocycles. The highest BCUT2D eigenvalue weighted by Crippen LogP contribution is 2.30. The number of rotatable bonds is 2. The molecule has 0 bridgehead atoms. The van der Waals surface area contributed by atoms with E-state index in [0.29, 0.717) is 17.5 Å². The van der Waals surface area contributed by atoms with E-state index in [2.05, 4.69) is 15.9 Å². The summed E-state index contributed by atoms with van der Waals surface area (Å²) in [6.07, 6.45) is 0.363. The Bertz CT molecular complexity index is 767. The smallest absolute Gasteiger partial charge is 0.231 e. The maximum absolute atomic E-state index is 12.7. The monoisotopic (exact) mass is 343 g/mol. The zero-order valence-corrected chi connectivity index (χ0v) is 13.4. The molecule has 0 spiro atoms. The van der Waals surface area contributed by atoms with Crippen molar-refractivity contribution in [1.29, 1.82) is 0 Å². The van der Waals surface area contributed by atoms with Crippen LogP contribution in [0.1, 0.15) is 27.0 Å². The third-order valence-corrected chi connectivity index (χ3v) is 4.91. The Kier molecular flexibility index (Phi) is 3.41. The molecule has 0 N–H and O–H groups in total. The van der Waals surface area contributed by atoms with Gasteiger partial charge in [-0.15, -0.1) is 0 Å². The average molecular weight is 344 g/mol. The number of carbonyl (C=O) groups is 2. The van der Waals surface area contributed by atoms with Crippen molar-refractivity contribution in [2.45, 2.75) is 13.3 Å². The van der Waals surface area contributed by atoms with Gasteiger partial charge in [-0.25, -0.2) is 0 Å². The molecule has 0 fully saturated rings. The topological polar surface area (TPSA) is 37.4 Å². The number of amides is 1.